The molecule has 1 aromatic rings. The number of halogens is 1. The van der Waals surface area contributed by atoms with E-state index >= 15 is 0 Å². The predicted molar refractivity (Wildman–Crippen MR) is 58.5 cm³/mol. The van der Waals surface area contributed by atoms with Crippen LogP contribution in [0.2, 0.25) is 0 Å². The molecule has 15 heavy (non-hydrogen) atoms. The van der Waals surface area contributed by atoms with E-state index in [0.29, 0.717) is 18.6 Å². The minimum atomic E-state index is -0.329. The molecule has 0 spiro atoms. The Morgan fingerprint density at radius 1 is 1.47 bits per heavy atom. The van der Waals surface area contributed by atoms with Crippen molar-refractivity contribution in [2.24, 2.45) is 5.92 Å². The van der Waals surface area contributed by atoms with Gasteiger partial charge in [-0.2, -0.15) is 0 Å². The maximum Gasteiger partial charge on any atom is 0.314 e. The highest BCUT2D eigenvalue weighted by Gasteiger charge is 2.34. The van der Waals surface area contributed by atoms with Crippen LogP contribution in [0.5, 0.6) is 5.75 Å². The van der Waals surface area contributed by atoms with Gasteiger partial charge in [-0.15, -0.1) is 0 Å². The lowest BCUT2D eigenvalue weighted by molar-refractivity contribution is -0.145. The van der Waals surface area contributed by atoms with Crippen molar-refractivity contribution < 1.29 is 14.6 Å². The van der Waals surface area contributed by atoms with Gasteiger partial charge in [-0.25, -0.2) is 0 Å². The van der Waals surface area contributed by atoms with Crippen molar-refractivity contribution in [3.8, 4) is 5.75 Å². The summed E-state index contributed by atoms with van der Waals surface area (Å²) in [6, 6.07) is 7.15. The SMILES string of the molecule is O=C(Oc1cccc(Br)c1)C1CC(O)C1. The fourth-order valence-corrected chi connectivity index (χ4v) is 1.89. The van der Waals surface area contributed by atoms with Gasteiger partial charge in [0.25, 0.3) is 0 Å². The average Bonchev–Trinajstić information content (AvgIpc) is 2.13. The zero-order chi connectivity index (χ0) is 10.8. The second kappa shape index (κ2) is 4.33. The normalized spacial score (nSPS) is 24.4. The molecule has 2 rings (SSSR count). The maximum absolute atomic E-state index is 11.5. The molecule has 1 fully saturated rings. The van der Waals surface area contributed by atoms with Crippen molar-refractivity contribution >= 4 is 21.9 Å². The van der Waals surface area contributed by atoms with E-state index in [4.69, 9.17) is 9.84 Å². The summed E-state index contributed by atoms with van der Waals surface area (Å²) in [7, 11) is 0. The first-order chi connectivity index (χ1) is 7.15. The highest BCUT2D eigenvalue weighted by molar-refractivity contribution is 9.10. The van der Waals surface area contributed by atoms with Crippen LogP contribution >= 0.6 is 15.9 Å². The van der Waals surface area contributed by atoms with Crippen molar-refractivity contribution in [2.75, 3.05) is 0 Å². The van der Waals surface area contributed by atoms with E-state index in [2.05, 4.69) is 15.9 Å². The first-order valence-corrected chi connectivity index (χ1v) is 5.60. The molecule has 0 heterocycles. The molecule has 1 aromatic carbocycles. The second-order valence-corrected chi connectivity index (χ2v) is 4.62. The highest BCUT2D eigenvalue weighted by atomic mass is 79.9. The Kier molecular flexibility index (Phi) is 3.07. The van der Waals surface area contributed by atoms with Gasteiger partial charge in [0, 0.05) is 4.47 Å². The Morgan fingerprint density at radius 3 is 2.80 bits per heavy atom. The third kappa shape index (κ3) is 2.58. The zero-order valence-corrected chi connectivity index (χ0v) is 9.61. The van der Waals surface area contributed by atoms with Crippen molar-refractivity contribution in [1.82, 2.24) is 0 Å². The van der Waals surface area contributed by atoms with Crippen LogP contribution in [0, 0.1) is 5.92 Å². The van der Waals surface area contributed by atoms with Crippen molar-refractivity contribution in [3.05, 3.63) is 28.7 Å². The van der Waals surface area contributed by atoms with E-state index in [1.165, 1.54) is 0 Å². The third-order valence-corrected chi connectivity index (χ3v) is 2.95. The minimum Gasteiger partial charge on any atom is -0.426 e. The standard InChI is InChI=1S/C11H11BrO3/c12-8-2-1-3-10(6-8)15-11(14)7-4-9(13)5-7/h1-3,6-7,9,13H,4-5H2. The van der Waals surface area contributed by atoms with Gasteiger partial charge in [0.2, 0.25) is 0 Å². The van der Waals surface area contributed by atoms with Crippen molar-refractivity contribution in [3.63, 3.8) is 0 Å². The summed E-state index contributed by atoms with van der Waals surface area (Å²) in [5, 5.41) is 9.06. The van der Waals surface area contributed by atoms with Crippen LogP contribution in [0.1, 0.15) is 12.8 Å². The van der Waals surface area contributed by atoms with E-state index in [-0.39, 0.29) is 18.0 Å². The molecule has 0 aromatic heterocycles. The lowest BCUT2D eigenvalue weighted by Crippen LogP contribution is -2.36. The molecule has 0 unspecified atom stereocenters. The Hall–Kier alpha value is -0.870. The van der Waals surface area contributed by atoms with Gasteiger partial charge in [-0.1, -0.05) is 22.0 Å². The quantitative estimate of drug-likeness (QED) is 0.662. The van der Waals surface area contributed by atoms with E-state index < -0.39 is 0 Å². The smallest absolute Gasteiger partial charge is 0.314 e. The minimum absolute atomic E-state index is 0.140. The molecular formula is C11H11BrO3. The number of ether oxygens (including phenoxy) is 1. The molecule has 0 amide bonds. The summed E-state index contributed by atoms with van der Waals surface area (Å²) in [4.78, 5) is 11.5. The monoisotopic (exact) mass is 270 g/mol. The first-order valence-electron chi connectivity index (χ1n) is 4.80. The molecular weight excluding hydrogens is 260 g/mol. The summed E-state index contributed by atoms with van der Waals surface area (Å²) in [5.74, 6) is 0.146. The average molecular weight is 271 g/mol. The van der Waals surface area contributed by atoms with Gasteiger partial charge >= 0.3 is 5.97 Å². The Bertz CT molecular complexity index is 372. The van der Waals surface area contributed by atoms with E-state index in [1.807, 2.05) is 12.1 Å². The number of aliphatic hydroxyl groups excluding tert-OH is 1. The molecule has 0 radical (unpaired) electrons. The van der Waals surface area contributed by atoms with E-state index in [1.54, 1.807) is 12.1 Å². The molecule has 1 aliphatic carbocycles. The van der Waals surface area contributed by atoms with Crippen molar-refractivity contribution in [2.45, 2.75) is 18.9 Å². The number of benzene rings is 1. The molecule has 0 atom stereocenters. The molecule has 80 valence electrons. The number of aliphatic hydroxyl groups is 1. The summed E-state index contributed by atoms with van der Waals surface area (Å²) < 4.78 is 6.04. The van der Waals surface area contributed by atoms with Crippen LogP contribution in [-0.4, -0.2) is 17.2 Å². The maximum atomic E-state index is 11.5. The number of esters is 1. The van der Waals surface area contributed by atoms with Gasteiger partial charge in [0.1, 0.15) is 5.75 Å². The predicted octanol–water partition coefficient (Wildman–Crippen LogP) is 2.13. The van der Waals surface area contributed by atoms with Crippen LogP contribution in [0.25, 0.3) is 0 Å². The summed E-state index contributed by atoms with van der Waals surface area (Å²) in [6.45, 7) is 0. The Morgan fingerprint density at radius 2 is 2.20 bits per heavy atom. The molecule has 1 aliphatic rings. The largest absolute Gasteiger partial charge is 0.426 e. The number of carbonyl (C=O) groups excluding carboxylic acids is 1. The molecule has 3 nitrogen and oxygen atoms in total. The van der Waals surface area contributed by atoms with Crippen LogP contribution in [0.3, 0.4) is 0 Å². The van der Waals surface area contributed by atoms with Crippen molar-refractivity contribution in [1.29, 1.82) is 0 Å². The lowest BCUT2D eigenvalue weighted by Gasteiger charge is -2.28. The molecule has 0 bridgehead atoms. The summed E-state index contributed by atoms with van der Waals surface area (Å²) in [5.41, 5.74) is 0. The second-order valence-electron chi connectivity index (χ2n) is 3.70. The lowest BCUT2D eigenvalue weighted by atomic mass is 9.83. The van der Waals surface area contributed by atoms with Crippen LogP contribution < -0.4 is 4.74 Å². The van der Waals surface area contributed by atoms with Gasteiger partial charge in [-0.05, 0) is 31.0 Å². The first kappa shape index (κ1) is 10.6. The number of hydrogen-bond donors (Lipinski definition) is 1. The van der Waals surface area contributed by atoms with Crippen LogP contribution in [0.15, 0.2) is 28.7 Å². The van der Waals surface area contributed by atoms with E-state index in [9.17, 15) is 4.79 Å². The fraction of sp³-hybridized carbons (Fsp3) is 0.364. The number of hydrogen-bond acceptors (Lipinski definition) is 3. The Labute approximate surface area is 96.2 Å². The van der Waals surface area contributed by atoms with Crippen LogP contribution in [0.4, 0.5) is 0 Å². The Balaban J connectivity index is 1.94. The van der Waals surface area contributed by atoms with Gasteiger partial charge in [0.05, 0.1) is 12.0 Å². The third-order valence-electron chi connectivity index (χ3n) is 2.46. The summed E-state index contributed by atoms with van der Waals surface area (Å²) >= 11 is 3.30. The summed E-state index contributed by atoms with van der Waals surface area (Å²) in [6.07, 6.45) is 0.713. The zero-order valence-electron chi connectivity index (χ0n) is 8.02. The molecule has 4 heteroatoms. The molecule has 1 N–H and O–H groups in total. The highest BCUT2D eigenvalue weighted by Crippen LogP contribution is 2.29. The number of rotatable bonds is 2. The van der Waals surface area contributed by atoms with Gasteiger partial charge in [-0.3, -0.25) is 4.79 Å². The van der Waals surface area contributed by atoms with Gasteiger partial charge < -0.3 is 9.84 Å². The molecule has 0 saturated heterocycles. The topological polar surface area (TPSA) is 46.5 Å². The number of carbonyl (C=O) groups is 1. The molecule has 1 saturated carbocycles. The van der Waals surface area contributed by atoms with Gasteiger partial charge in [0.15, 0.2) is 0 Å². The van der Waals surface area contributed by atoms with Crippen LogP contribution in [-0.2, 0) is 4.79 Å². The molecule has 0 aliphatic heterocycles. The fourth-order valence-electron chi connectivity index (χ4n) is 1.51. The van der Waals surface area contributed by atoms with E-state index in [0.717, 1.165) is 4.47 Å².